The number of ether oxygens (including phenoxy) is 1. The number of carbonyl (C=O) groups is 2. The van der Waals surface area contributed by atoms with Crippen LogP contribution in [0.25, 0.3) is 10.9 Å². The monoisotopic (exact) mass is 350 g/mol. The summed E-state index contributed by atoms with van der Waals surface area (Å²) in [5.41, 5.74) is 2.20. The van der Waals surface area contributed by atoms with Gasteiger partial charge in [0.15, 0.2) is 5.78 Å². The van der Waals surface area contributed by atoms with Crippen LogP contribution in [0.4, 0.5) is 5.69 Å². The van der Waals surface area contributed by atoms with Gasteiger partial charge in [-0.3, -0.25) is 9.59 Å². The number of Topliss-reactive ketones (excluding diaryl/α,β-unsaturated/α-hetero) is 1. The molecule has 0 spiro atoms. The molecule has 5 nitrogen and oxygen atoms in total. The first kappa shape index (κ1) is 17.7. The Labute approximate surface area is 152 Å². The Morgan fingerprint density at radius 1 is 1.12 bits per heavy atom. The third-order valence-corrected chi connectivity index (χ3v) is 4.25. The lowest BCUT2D eigenvalue weighted by Gasteiger charge is -2.08. The molecule has 0 unspecified atom stereocenters. The minimum absolute atomic E-state index is 0.0770. The number of aromatic nitrogens is 1. The lowest BCUT2D eigenvalue weighted by molar-refractivity contribution is -0.116. The number of nitrogens with one attached hydrogen (secondary N) is 1. The van der Waals surface area contributed by atoms with E-state index >= 15 is 0 Å². The van der Waals surface area contributed by atoms with Crippen molar-refractivity contribution in [2.24, 2.45) is 5.92 Å². The summed E-state index contributed by atoms with van der Waals surface area (Å²) in [5, 5.41) is 3.74. The van der Waals surface area contributed by atoms with E-state index in [1.165, 1.54) is 0 Å². The number of carbonyl (C=O) groups excluding carboxylic acids is 2. The number of para-hydroxylation sites is 1. The van der Waals surface area contributed by atoms with E-state index in [4.69, 9.17) is 4.74 Å². The lowest BCUT2D eigenvalue weighted by atomic mass is 10.0. The number of nitrogens with zero attached hydrogens (tertiary/aromatic N) is 1. The average molecular weight is 350 g/mol. The van der Waals surface area contributed by atoms with Crippen LogP contribution in [0.3, 0.4) is 0 Å². The van der Waals surface area contributed by atoms with Gasteiger partial charge in [0.05, 0.1) is 7.11 Å². The van der Waals surface area contributed by atoms with Crippen molar-refractivity contribution < 1.29 is 14.3 Å². The van der Waals surface area contributed by atoms with E-state index in [9.17, 15) is 9.59 Å². The summed E-state index contributed by atoms with van der Waals surface area (Å²) in [6.45, 7) is 3.89. The average Bonchev–Trinajstić information content (AvgIpc) is 2.99. The van der Waals surface area contributed by atoms with E-state index in [-0.39, 0.29) is 24.2 Å². The molecule has 26 heavy (non-hydrogen) atoms. The van der Waals surface area contributed by atoms with Crippen LogP contribution in [-0.4, -0.2) is 23.4 Å². The van der Waals surface area contributed by atoms with Crippen molar-refractivity contribution in [2.75, 3.05) is 12.4 Å². The Hall–Kier alpha value is -3.08. The zero-order valence-corrected chi connectivity index (χ0v) is 15.2. The van der Waals surface area contributed by atoms with Gasteiger partial charge < -0.3 is 14.6 Å². The van der Waals surface area contributed by atoms with E-state index in [2.05, 4.69) is 5.32 Å². The molecule has 2 aromatic carbocycles. The Bertz CT molecular complexity index is 957. The highest BCUT2D eigenvalue weighted by molar-refractivity contribution is 6.09. The third kappa shape index (κ3) is 3.61. The lowest BCUT2D eigenvalue weighted by Crippen LogP contribution is -2.18. The molecule has 0 saturated carbocycles. The fourth-order valence-electron chi connectivity index (χ4n) is 2.94. The maximum atomic E-state index is 12.5. The highest BCUT2D eigenvalue weighted by Gasteiger charge is 2.18. The maximum Gasteiger partial charge on any atom is 0.244 e. The van der Waals surface area contributed by atoms with E-state index in [0.717, 1.165) is 10.9 Å². The molecule has 0 bridgehead atoms. The van der Waals surface area contributed by atoms with Crippen molar-refractivity contribution in [1.82, 2.24) is 4.57 Å². The van der Waals surface area contributed by atoms with Gasteiger partial charge in [-0.1, -0.05) is 38.1 Å². The first-order chi connectivity index (χ1) is 12.5. The molecule has 0 aliphatic rings. The zero-order valence-electron chi connectivity index (χ0n) is 15.2. The van der Waals surface area contributed by atoms with Gasteiger partial charge in [-0.25, -0.2) is 0 Å². The highest BCUT2D eigenvalue weighted by Crippen LogP contribution is 2.24. The van der Waals surface area contributed by atoms with E-state index in [0.29, 0.717) is 17.0 Å². The Morgan fingerprint density at radius 3 is 2.62 bits per heavy atom. The summed E-state index contributed by atoms with van der Waals surface area (Å²) < 4.78 is 6.99. The highest BCUT2D eigenvalue weighted by atomic mass is 16.5. The van der Waals surface area contributed by atoms with Gasteiger partial charge in [-0.15, -0.1) is 0 Å². The smallest absolute Gasteiger partial charge is 0.244 e. The van der Waals surface area contributed by atoms with Crippen LogP contribution in [0.1, 0.15) is 24.2 Å². The molecule has 0 saturated heterocycles. The van der Waals surface area contributed by atoms with E-state index in [1.807, 2.05) is 60.9 Å². The van der Waals surface area contributed by atoms with Crippen molar-refractivity contribution in [3.63, 3.8) is 0 Å². The number of anilines is 1. The van der Waals surface area contributed by atoms with Crippen LogP contribution in [0.5, 0.6) is 5.75 Å². The maximum absolute atomic E-state index is 12.5. The molecule has 0 fully saturated rings. The molecule has 0 aliphatic carbocycles. The quantitative estimate of drug-likeness (QED) is 0.680. The number of fused-ring (bicyclic) bond motifs is 1. The third-order valence-electron chi connectivity index (χ3n) is 4.25. The second kappa shape index (κ2) is 7.44. The summed E-state index contributed by atoms with van der Waals surface area (Å²) in [7, 11) is 1.58. The minimum atomic E-state index is -0.164. The van der Waals surface area contributed by atoms with Gasteiger partial charge in [-0.05, 0) is 18.2 Å². The molecule has 0 atom stereocenters. The number of hydrogen-bond donors (Lipinski definition) is 1. The first-order valence-corrected chi connectivity index (χ1v) is 8.55. The van der Waals surface area contributed by atoms with Crippen molar-refractivity contribution >= 4 is 28.3 Å². The second-order valence-corrected chi connectivity index (χ2v) is 6.49. The molecule has 134 valence electrons. The molecule has 0 radical (unpaired) electrons. The van der Waals surface area contributed by atoms with Crippen LogP contribution >= 0.6 is 0 Å². The molecular weight excluding hydrogens is 328 g/mol. The Morgan fingerprint density at radius 2 is 1.88 bits per heavy atom. The summed E-state index contributed by atoms with van der Waals surface area (Å²) in [5.74, 6) is 0.495. The molecule has 0 aliphatic heterocycles. The number of ketones is 1. The zero-order chi connectivity index (χ0) is 18.7. The number of benzene rings is 2. The molecule has 1 amide bonds. The predicted octanol–water partition coefficient (Wildman–Crippen LogP) is 4.13. The standard InChI is InChI=1S/C21H22N2O3/c1-14(2)21(25)18-12-23(19-10-5-4-9-17(18)19)13-20(24)22-15-7-6-8-16(11-15)26-3/h4-12,14H,13H2,1-3H3,(H,22,24). The van der Waals surface area contributed by atoms with Crippen LogP contribution in [0.2, 0.25) is 0 Å². The normalized spacial score (nSPS) is 10.9. The van der Waals surface area contributed by atoms with Gasteiger partial charge in [-0.2, -0.15) is 0 Å². The number of rotatable bonds is 6. The number of amides is 1. The fourth-order valence-corrected chi connectivity index (χ4v) is 2.94. The van der Waals surface area contributed by atoms with Crippen molar-refractivity contribution in [1.29, 1.82) is 0 Å². The molecule has 3 rings (SSSR count). The molecule has 5 heteroatoms. The van der Waals surface area contributed by atoms with Crippen LogP contribution in [0, 0.1) is 5.92 Å². The van der Waals surface area contributed by atoms with E-state index in [1.54, 1.807) is 19.4 Å². The van der Waals surface area contributed by atoms with Gasteiger partial charge in [0, 0.05) is 40.3 Å². The number of hydrogen-bond acceptors (Lipinski definition) is 3. The Kier molecular flexibility index (Phi) is 5.07. The summed E-state index contributed by atoms with van der Waals surface area (Å²) >= 11 is 0. The second-order valence-electron chi connectivity index (χ2n) is 6.49. The number of methoxy groups -OCH3 is 1. The van der Waals surface area contributed by atoms with E-state index < -0.39 is 0 Å². The SMILES string of the molecule is COc1cccc(NC(=O)Cn2cc(C(=O)C(C)C)c3ccccc32)c1. The topological polar surface area (TPSA) is 60.3 Å². The van der Waals surface area contributed by atoms with Gasteiger partial charge in [0.2, 0.25) is 5.91 Å². The summed E-state index contributed by atoms with van der Waals surface area (Å²) in [4.78, 5) is 25.0. The predicted molar refractivity (Wildman–Crippen MR) is 103 cm³/mol. The Balaban J connectivity index is 1.86. The summed E-state index contributed by atoms with van der Waals surface area (Å²) in [6.07, 6.45) is 1.78. The van der Waals surface area contributed by atoms with Gasteiger partial charge >= 0.3 is 0 Å². The van der Waals surface area contributed by atoms with Gasteiger partial charge in [0.1, 0.15) is 12.3 Å². The molecule has 1 N–H and O–H groups in total. The molecule has 3 aromatic rings. The van der Waals surface area contributed by atoms with Crippen molar-refractivity contribution in [2.45, 2.75) is 20.4 Å². The van der Waals surface area contributed by atoms with Crippen LogP contribution < -0.4 is 10.1 Å². The van der Waals surface area contributed by atoms with Crippen LogP contribution in [-0.2, 0) is 11.3 Å². The van der Waals surface area contributed by atoms with Crippen molar-refractivity contribution in [3.05, 3.63) is 60.3 Å². The van der Waals surface area contributed by atoms with Gasteiger partial charge in [0.25, 0.3) is 0 Å². The van der Waals surface area contributed by atoms with Crippen LogP contribution in [0.15, 0.2) is 54.7 Å². The largest absolute Gasteiger partial charge is 0.497 e. The molecule has 1 aromatic heterocycles. The first-order valence-electron chi connectivity index (χ1n) is 8.55. The van der Waals surface area contributed by atoms with Crippen molar-refractivity contribution in [3.8, 4) is 5.75 Å². The fraction of sp³-hybridized carbons (Fsp3) is 0.238. The molecule has 1 heterocycles. The minimum Gasteiger partial charge on any atom is -0.497 e. The molecular formula is C21H22N2O3. The summed E-state index contributed by atoms with van der Waals surface area (Å²) in [6, 6.07) is 14.9.